The van der Waals surface area contributed by atoms with Crippen LogP contribution in [0.4, 0.5) is 5.69 Å². The van der Waals surface area contributed by atoms with Crippen molar-refractivity contribution in [3.8, 4) is 0 Å². The quantitative estimate of drug-likeness (QED) is 0.854. The predicted molar refractivity (Wildman–Crippen MR) is 66.6 cm³/mol. The van der Waals surface area contributed by atoms with Crippen LogP contribution in [-0.2, 0) is 4.79 Å². The van der Waals surface area contributed by atoms with Gasteiger partial charge in [0.05, 0.1) is 5.69 Å². The predicted octanol–water partition coefficient (Wildman–Crippen LogP) is 1.33. The summed E-state index contributed by atoms with van der Waals surface area (Å²) in [5.74, 6) is 0.133. The number of amides is 1. The lowest BCUT2D eigenvalue weighted by atomic mass is 10.2. The number of hydrogen-bond donors (Lipinski definition) is 1. The summed E-state index contributed by atoms with van der Waals surface area (Å²) >= 11 is 0. The lowest BCUT2D eigenvalue weighted by Gasteiger charge is -2.27. The third kappa shape index (κ3) is 2.65. The SMILES string of the molecule is Cc1cccc(N2C(=O)CCN2CCCO)c1. The van der Waals surface area contributed by atoms with E-state index in [2.05, 4.69) is 0 Å². The van der Waals surface area contributed by atoms with Gasteiger partial charge in [0.25, 0.3) is 0 Å². The fraction of sp³-hybridized carbons (Fsp3) is 0.462. The van der Waals surface area contributed by atoms with Crippen LogP contribution in [0.25, 0.3) is 0 Å². The highest BCUT2D eigenvalue weighted by atomic mass is 16.3. The Labute approximate surface area is 101 Å². The lowest BCUT2D eigenvalue weighted by molar-refractivity contribution is -0.118. The molecule has 0 radical (unpaired) electrons. The van der Waals surface area contributed by atoms with E-state index in [9.17, 15) is 4.79 Å². The molecule has 1 aliphatic rings. The van der Waals surface area contributed by atoms with Gasteiger partial charge in [-0.1, -0.05) is 12.1 Å². The van der Waals surface area contributed by atoms with E-state index in [1.165, 1.54) is 0 Å². The van der Waals surface area contributed by atoms with E-state index in [4.69, 9.17) is 5.11 Å². The molecule has 0 spiro atoms. The summed E-state index contributed by atoms with van der Waals surface area (Å²) in [4.78, 5) is 11.9. The van der Waals surface area contributed by atoms with Crippen molar-refractivity contribution < 1.29 is 9.90 Å². The Hall–Kier alpha value is -1.39. The zero-order chi connectivity index (χ0) is 12.3. The molecule has 1 N–H and O–H groups in total. The van der Waals surface area contributed by atoms with Crippen molar-refractivity contribution in [3.05, 3.63) is 29.8 Å². The number of aliphatic hydroxyl groups is 1. The van der Waals surface area contributed by atoms with Gasteiger partial charge in [-0.2, -0.15) is 0 Å². The van der Waals surface area contributed by atoms with E-state index in [1.54, 1.807) is 5.01 Å². The molecule has 0 bridgehead atoms. The first kappa shape index (κ1) is 12.1. The average Bonchev–Trinajstić information content (AvgIpc) is 2.68. The molecule has 1 heterocycles. The van der Waals surface area contributed by atoms with Gasteiger partial charge in [0, 0.05) is 26.1 Å². The zero-order valence-corrected chi connectivity index (χ0v) is 10.1. The molecule has 92 valence electrons. The van der Waals surface area contributed by atoms with E-state index in [0.717, 1.165) is 24.3 Å². The minimum absolute atomic E-state index is 0.133. The Morgan fingerprint density at radius 2 is 2.24 bits per heavy atom. The fourth-order valence-electron chi connectivity index (χ4n) is 2.12. The van der Waals surface area contributed by atoms with Crippen LogP contribution in [0.3, 0.4) is 0 Å². The second-order valence-electron chi connectivity index (χ2n) is 4.33. The second-order valence-corrected chi connectivity index (χ2v) is 4.33. The van der Waals surface area contributed by atoms with Crippen molar-refractivity contribution in [2.75, 3.05) is 24.7 Å². The molecule has 0 atom stereocenters. The van der Waals surface area contributed by atoms with Crippen LogP contribution < -0.4 is 5.01 Å². The number of hydrazine groups is 1. The summed E-state index contributed by atoms with van der Waals surface area (Å²) in [7, 11) is 0. The van der Waals surface area contributed by atoms with Crippen LogP contribution in [0, 0.1) is 6.92 Å². The first-order valence-corrected chi connectivity index (χ1v) is 5.97. The Balaban J connectivity index is 2.18. The van der Waals surface area contributed by atoms with Crippen LogP contribution in [-0.4, -0.2) is 35.7 Å². The maximum absolute atomic E-state index is 11.9. The van der Waals surface area contributed by atoms with Crippen LogP contribution in [0.5, 0.6) is 0 Å². The highest BCUT2D eigenvalue weighted by Gasteiger charge is 2.29. The average molecular weight is 234 g/mol. The molecule has 0 aromatic heterocycles. The van der Waals surface area contributed by atoms with Gasteiger partial charge < -0.3 is 5.11 Å². The number of carbonyl (C=O) groups is 1. The van der Waals surface area contributed by atoms with Gasteiger partial charge in [0.1, 0.15) is 0 Å². The molecule has 1 aliphatic heterocycles. The molecule has 1 fully saturated rings. The van der Waals surface area contributed by atoms with Crippen molar-refractivity contribution in [1.29, 1.82) is 0 Å². The summed E-state index contributed by atoms with van der Waals surface area (Å²) in [6.07, 6.45) is 1.25. The van der Waals surface area contributed by atoms with E-state index in [-0.39, 0.29) is 12.5 Å². The summed E-state index contributed by atoms with van der Waals surface area (Å²) in [5.41, 5.74) is 2.06. The molecule has 4 nitrogen and oxygen atoms in total. The molecule has 2 rings (SSSR count). The van der Waals surface area contributed by atoms with Crippen molar-refractivity contribution in [2.45, 2.75) is 19.8 Å². The van der Waals surface area contributed by atoms with Crippen LogP contribution >= 0.6 is 0 Å². The number of aryl methyl sites for hydroxylation is 1. The molecular weight excluding hydrogens is 216 g/mol. The van der Waals surface area contributed by atoms with Gasteiger partial charge in [-0.25, -0.2) is 10.0 Å². The van der Waals surface area contributed by atoms with Gasteiger partial charge in [-0.15, -0.1) is 0 Å². The summed E-state index contributed by atoms with van der Waals surface area (Å²) < 4.78 is 0. The number of aliphatic hydroxyl groups excluding tert-OH is 1. The highest BCUT2D eigenvalue weighted by molar-refractivity contribution is 5.94. The minimum atomic E-state index is 0.133. The van der Waals surface area contributed by atoms with Gasteiger partial charge in [-0.05, 0) is 31.0 Å². The first-order valence-electron chi connectivity index (χ1n) is 5.97. The van der Waals surface area contributed by atoms with Crippen molar-refractivity contribution in [3.63, 3.8) is 0 Å². The van der Waals surface area contributed by atoms with Crippen LogP contribution in [0.1, 0.15) is 18.4 Å². The zero-order valence-electron chi connectivity index (χ0n) is 10.1. The Kier molecular flexibility index (Phi) is 3.76. The summed E-state index contributed by atoms with van der Waals surface area (Å²) in [5, 5.41) is 12.6. The van der Waals surface area contributed by atoms with E-state index in [0.29, 0.717) is 12.8 Å². The highest BCUT2D eigenvalue weighted by Crippen LogP contribution is 2.23. The van der Waals surface area contributed by atoms with E-state index >= 15 is 0 Å². The molecular formula is C13H18N2O2. The molecule has 1 saturated heterocycles. The first-order chi connectivity index (χ1) is 8.22. The number of hydrogen-bond acceptors (Lipinski definition) is 3. The molecule has 4 heteroatoms. The van der Waals surface area contributed by atoms with Gasteiger partial charge in [0.2, 0.25) is 5.91 Å². The maximum Gasteiger partial charge on any atom is 0.242 e. The van der Waals surface area contributed by atoms with E-state index in [1.807, 2.05) is 36.2 Å². The number of carbonyl (C=O) groups excluding carboxylic acids is 1. The van der Waals surface area contributed by atoms with Gasteiger partial charge >= 0.3 is 0 Å². The van der Waals surface area contributed by atoms with Gasteiger partial charge in [-0.3, -0.25) is 4.79 Å². The molecule has 0 saturated carbocycles. The normalized spacial score (nSPS) is 16.8. The molecule has 1 aromatic rings. The van der Waals surface area contributed by atoms with Crippen LogP contribution in [0.2, 0.25) is 0 Å². The Morgan fingerprint density at radius 3 is 2.94 bits per heavy atom. The van der Waals surface area contributed by atoms with Crippen molar-refractivity contribution in [1.82, 2.24) is 5.01 Å². The number of rotatable bonds is 4. The number of anilines is 1. The summed E-state index contributed by atoms with van der Waals surface area (Å²) in [6, 6.07) is 7.93. The minimum Gasteiger partial charge on any atom is -0.396 e. The fourth-order valence-corrected chi connectivity index (χ4v) is 2.12. The Morgan fingerprint density at radius 1 is 1.41 bits per heavy atom. The topological polar surface area (TPSA) is 43.8 Å². The van der Waals surface area contributed by atoms with E-state index < -0.39 is 0 Å². The Bertz CT molecular complexity index is 406. The molecule has 0 aliphatic carbocycles. The third-order valence-electron chi connectivity index (χ3n) is 2.92. The van der Waals surface area contributed by atoms with Crippen molar-refractivity contribution in [2.24, 2.45) is 0 Å². The van der Waals surface area contributed by atoms with Crippen LogP contribution in [0.15, 0.2) is 24.3 Å². The molecule has 0 unspecified atom stereocenters. The third-order valence-corrected chi connectivity index (χ3v) is 2.92. The standard InChI is InChI=1S/C13H18N2O2/c1-11-4-2-5-12(10-11)15-13(17)6-8-14(15)7-3-9-16/h2,4-5,10,16H,3,6-9H2,1H3. The second kappa shape index (κ2) is 5.29. The lowest BCUT2D eigenvalue weighted by Crippen LogP contribution is -2.40. The largest absolute Gasteiger partial charge is 0.396 e. The smallest absolute Gasteiger partial charge is 0.242 e. The maximum atomic E-state index is 11.9. The van der Waals surface area contributed by atoms with Gasteiger partial charge in [0.15, 0.2) is 0 Å². The molecule has 1 amide bonds. The number of benzene rings is 1. The van der Waals surface area contributed by atoms with Crippen molar-refractivity contribution >= 4 is 11.6 Å². The molecule has 17 heavy (non-hydrogen) atoms. The summed E-state index contributed by atoms with van der Waals surface area (Å²) in [6.45, 7) is 3.64. The number of nitrogens with zero attached hydrogens (tertiary/aromatic N) is 2. The monoisotopic (exact) mass is 234 g/mol. The molecule has 1 aromatic carbocycles.